The van der Waals surface area contributed by atoms with Gasteiger partial charge in [-0.3, -0.25) is 24.3 Å². The highest BCUT2D eigenvalue weighted by Gasteiger charge is 2.35. The number of carbonyl (C=O) groups is 1. The maximum Gasteiger partial charge on any atom is 0.271 e. The highest BCUT2D eigenvalue weighted by atomic mass is 32.2. The number of fused-ring (bicyclic) bond motifs is 1. The lowest BCUT2D eigenvalue weighted by molar-refractivity contribution is -0.384. The fourth-order valence-corrected chi connectivity index (χ4v) is 7.03. The quantitative estimate of drug-likeness (QED) is 0.190. The van der Waals surface area contributed by atoms with E-state index in [1.54, 1.807) is 41.7 Å². The number of amides is 1. The number of likely N-dealkylation sites (N-methyl/N-ethyl adjacent to an activating group) is 1. The summed E-state index contributed by atoms with van der Waals surface area (Å²) < 4.78 is 7.56. The highest BCUT2D eigenvalue weighted by molar-refractivity contribution is 7.99. The van der Waals surface area contributed by atoms with Gasteiger partial charge in [0.2, 0.25) is 0 Å². The van der Waals surface area contributed by atoms with E-state index in [9.17, 15) is 19.7 Å². The van der Waals surface area contributed by atoms with Crippen LogP contribution in [0.4, 0.5) is 5.69 Å². The number of aromatic nitrogens is 1. The molecule has 1 aliphatic heterocycles. The molecule has 0 unspecified atom stereocenters. The van der Waals surface area contributed by atoms with Crippen LogP contribution in [0.15, 0.2) is 104 Å². The van der Waals surface area contributed by atoms with Gasteiger partial charge in [0.25, 0.3) is 17.2 Å². The Morgan fingerprint density at radius 3 is 2.49 bits per heavy atom. The van der Waals surface area contributed by atoms with E-state index in [-0.39, 0.29) is 17.2 Å². The minimum atomic E-state index is -0.772. The molecular formula is C32H30N4O5S2. The summed E-state index contributed by atoms with van der Waals surface area (Å²) in [4.78, 5) is 47.9. The van der Waals surface area contributed by atoms with E-state index in [1.807, 2.05) is 62.4 Å². The third-order valence-corrected chi connectivity index (χ3v) is 9.28. The van der Waals surface area contributed by atoms with Crippen molar-refractivity contribution in [2.24, 2.45) is 4.99 Å². The van der Waals surface area contributed by atoms with E-state index < -0.39 is 11.0 Å². The molecule has 0 fully saturated rings. The molecule has 3 aromatic carbocycles. The van der Waals surface area contributed by atoms with Crippen LogP contribution in [0.2, 0.25) is 0 Å². The first kappa shape index (κ1) is 30.0. The number of ether oxygens (including phenoxy) is 1. The van der Waals surface area contributed by atoms with Crippen molar-refractivity contribution in [3.63, 3.8) is 0 Å². The van der Waals surface area contributed by atoms with Gasteiger partial charge in [-0.15, -0.1) is 0 Å². The lowest BCUT2D eigenvalue weighted by Crippen LogP contribution is -2.43. The molecule has 0 bridgehead atoms. The molecule has 11 heteroatoms. The normalized spacial score (nSPS) is 14.7. The second-order valence-corrected chi connectivity index (χ2v) is 11.8. The monoisotopic (exact) mass is 614 g/mol. The van der Waals surface area contributed by atoms with E-state index in [4.69, 9.17) is 9.73 Å². The fourth-order valence-electron chi connectivity index (χ4n) is 5.07. The summed E-state index contributed by atoms with van der Waals surface area (Å²) in [5.74, 6) is 0.346. The number of carbonyl (C=O) groups excluding carboxylic acids is 1. The summed E-state index contributed by atoms with van der Waals surface area (Å²) in [5, 5.41) is 11.7. The lowest BCUT2D eigenvalue weighted by Gasteiger charge is -2.29. The molecular weight excluding hydrogens is 585 g/mol. The van der Waals surface area contributed by atoms with Gasteiger partial charge in [-0.1, -0.05) is 59.5 Å². The van der Waals surface area contributed by atoms with Gasteiger partial charge in [-0.25, -0.2) is 4.99 Å². The molecule has 5 rings (SSSR count). The van der Waals surface area contributed by atoms with E-state index in [0.29, 0.717) is 50.6 Å². The van der Waals surface area contributed by atoms with Crippen molar-refractivity contribution < 1.29 is 14.5 Å². The number of nitro groups is 1. The molecule has 1 atom stereocenters. The van der Waals surface area contributed by atoms with E-state index in [0.717, 1.165) is 9.79 Å². The average molecular weight is 615 g/mol. The first-order valence-corrected chi connectivity index (χ1v) is 15.4. The smallest absolute Gasteiger partial charge is 0.271 e. The van der Waals surface area contributed by atoms with Crippen LogP contribution in [0.3, 0.4) is 0 Å². The number of methoxy groups -OCH3 is 1. The summed E-state index contributed by atoms with van der Waals surface area (Å²) in [6.07, 6.45) is 1.67. The van der Waals surface area contributed by atoms with Crippen LogP contribution >= 0.6 is 23.1 Å². The molecule has 2 heterocycles. The topological polar surface area (TPSA) is 107 Å². The zero-order chi connectivity index (χ0) is 30.7. The standard InChI is InChI=1S/C32H30N4O5S2/c1-5-34(6-2)31(38)28-20(3)33-32-35(29(28)24-14-10-11-15-25(24)41-4)30(37)27(43-32)19-21-18-22(36(39)40)16-17-26(21)42-23-12-8-7-9-13-23/h7-19,29H,5-6H2,1-4H3/b27-19-/t29-/m0/s1. The predicted molar refractivity (Wildman–Crippen MR) is 168 cm³/mol. The van der Waals surface area contributed by atoms with Crippen LogP contribution in [0.25, 0.3) is 6.08 Å². The molecule has 1 aliphatic rings. The second-order valence-electron chi connectivity index (χ2n) is 9.70. The van der Waals surface area contributed by atoms with Crippen molar-refractivity contribution >= 4 is 40.8 Å². The molecule has 0 N–H and O–H groups in total. The van der Waals surface area contributed by atoms with Gasteiger partial charge in [0.05, 0.1) is 27.8 Å². The fraction of sp³-hybridized carbons (Fsp3) is 0.219. The second kappa shape index (κ2) is 12.8. The number of nitrogens with zero attached hydrogens (tertiary/aromatic N) is 4. The van der Waals surface area contributed by atoms with Gasteiger partial charge in [-0.05, 0) is 56.7 Å². The van der Waals surface area contributed by atoms with Crippen LogP contribution in [0, 0.1) is 10.1 Å². The Labute approximate surface area is 256 Å². The molecule has 0 spiro atoms. The number of nitro benzene ring substituents is 1. The molecule has 9 nitrogen and oxygen atoms in total. The maximum absolute atomic E-state index is 14.2. The van der Waals surface area contributed by atoms with Crippen molar-refractivity contribution in [2.75, 3.05) is 20.2 Å². The van der Waals surface area contributed by atoms with Crippen LogP contribution in [-0.4, -0.2) is 40.5 Å². The van der Waals surface area contributed by atoms with Crippen molar-refractivity contribution in [2.45, 2.75) is 36.6 Å². The van der Waals surface area contributed by atoms with Crippen molar-refractivity contribution in [3.8, 4) is 5.75 Å². The molecule has 1 aromatic heterocycles. The van der Waals surface area contributed by atoms with Crippen LogP contribution in [-0.2, 0) is 4.79 Å². The largest absolute Gasteiger partial charge is 0.496 e. The summed E-state index contributed by atoms with van der Waals surface area (Å²) in [5.41, 5.74) is 1.71. The van der Waals surface area contributed by atoms with Gasteiger partial charge in [0.1, 0.15) is 11.8 Å². The van der Waals surface area contributed by atoms with E-state index in [1.165, 1.54) is 35.2 Å². The lowest BCUT2D eigenvalue weighted by atomic mass is 9.94. The Balaban J connectivity index is 1.74. The van der Waals surface area contributed by atoms with Crippen molar-refractivity contribution in [1.29, 1.82) is 0 Å². The first-order chi connectivity index (χ1) is 20.8. The predicted octanol–water partition coefficient (Wildman–Crippen LogP) is 5.17. The van der Waals surface area contributed by atoms with E-state index in [2.05, 4.69) is 0 Å². The van der Waals surface area contributed by atoms with E-state index >= 15 is 0 Å². The molecule has 4 aromatic rings. The molecule has 0 saturated carbocycles. The maximum atomic E-state index is 14.2. The molecule has 0 saturated heterocycles. The highest BCUT2D eigenvalue weighted by Crippen LogP contribution is 2.36. The molecule has 220 valence electrons. The van der Waals surface area contributed by atoms with Gasteiger partial charge >= 0.3 is 0 Å². The van der Waals surface area contributed by atoms with Gasteiger partial charge in [-0.2, -0.15) is 0 Å². The average Bonchev–Trinajstić information content (AvgIpc) is 3.31. The summed E-state index contributed by atoms with van der Waals surface area (Å²) in [6.45, 7) is 6.61. The SMILES string of the molecule is CCN(CC)C(=O)C1=C(C)N=c2s/c(=C\c3cc([N+](=O)[O-])ccc3Sc3ccccc3)c(=O)n2[C@H]1c1ccccc1OC. The number of rotatable bonds is 9. The minimum absolute atomic E-state index is 0.0775. The summed E-state index contributed by atoms with van der Waals surface area (Å²) >= 11 is 2.64. The van der Waals surface area contributed by atoms with Gasteiger partial charge < -0.3 is 9.64 Å². The number of benzene rings is 3. The number of thiazole rings is 1. The summed E-state index contributed by atoms with van der Waals surface area (Å²) in [7, 11) is 1.55. The Kier molecular flexibility index (Phi) is 8.93. The van der Waals surface area contributed by atoms with Gasteiger partial charge in [0, 0.05) is 40.6 Å². The summed E-state index contributed by atoms with van der Waals surface area (Å²) in [6, 6.07) is 20.9. The Bertz CT molecular complexity index is 1910. The first-order valence-electron chi connectivity index (χ1n) is 13.7. The zero-order valence-electron chi connectivity index (χ0n) is 24.1. The van der Waals surface area contributed by atoms with Crippen LogP contribution < -0.4 is 19.6 Å². The number of hydrogen-bond acceptors (Lipinski definition) is 8. The Morgan fingerprint density at radius 1 is 1.12 bits per heavy atom. The third kappa shape index (κ3) is 5.91. The number of hydrogen-bond donors (Lipinski definition) is 0. The molecule has 0 aliphatic carbocycles. The molecule has 43 heavy (non-hydrogen) atoms. The van der Waals surface area contributed by atoms with Crippen molar-refractivity contribution in [3.05, 3.63) is 125 Å². The number of non-ortho nitro benzene ring substituents is 1. The van der Waals surface area contributed by atoms with Gasteiger partial charge in [0.15, 0.2) is 4.80 Å². The number of allylic oxidation sites excluding steroid dienone is 1. The van der Waals surface area contributed by atoms with Crippen LogP contribution in [0.5, 0.6) is 5.75 Å². The third-order valence-electron chi connectivity index (χ3n) is 7.20. The molecule has 0 radical (unpaired) electrons. The zero-order valence-corrected chi connectivity index (χ0v) is 25.8. The molecule has 1 amide bonds. The Hall–Kier alpha value is -4.48. The Morgan fingerprint density at radius 2 is 1.81 bits per heavy atom. The van der Waals surface area contributed by atoms with Crippen LogP contribution in [0.1, 0.15) is 37.9 Å². The van der Waals surface area contributed by atoms with Crippen molar-refractivity contribution in [1.82, 2.24) is 9.47 Å². The minimum Gasteiger partial charge on any atom is -0.496 e. The number of para-hydroxylation sites is 1.